The molecule has 0 aliphatic rings. The summed E-state index contributed by atoms with van der Waals surface area (Å²) in [4.78, 5) is 3.94. The molecule has 0 aromatic carbocycles. The third-order valence-corrected chi connectivity index (χ3v) is 1.47. The summed E-state index contributed by atoms with van der Waals surface area (Å²) in [6.45, 7) is 4.02. The molecule has 1 rings (SSSR count). The molecule has 0 amide bonds. The molecule has 0 aliphatic carbocycles. The molecule has 1 aromatic heterocycles. The average Bonchev–Trinajstić information content (AvgIpc) is 2.15. The predicted molar refractivity (Wildman–Crippen MR) is 45.8 cm³/mol. The highest BCUT2D eigenvalue weighted by Crippen LogP contribution is 2.16. The Balaban J connectivity index is 2.68. The van der Waals surface area contributed by atoms with Crippen molar-refractivity contribution in [3.05, 3.63) is 30.9 Å². The van der Waals surface area contributed by atoms with Crippen molar-refractivity contribution in [2.45, 2.75) is 6.42 Å². The third-order valence-electron chi connectivity index (χ3n) is 1.47. The fourth-order valence-electron chi connectivity index (χ4n) is 0.868. The number of methoxy groups -OCH3 is 1. The Labute approximate surface area is 72.3 Å². The SMILES string of the molecule is [CH2]Cc1ccncc1OCOC. The van der Waals surface area contributed by atoms with Gasteiger partial charge in [0, 0.05) is 13.3 Å². The van der Waals surface area contributed by atoms with E-state index in [0.717, 1.165) is 11.3 Å². The Hall–Kier alpha value is -1.09. The van der Waals surface area contributed by atoms with Gasteiger partial charge in [0.05, 0.1) is 6.20 Å². The highest BCUT2D eigenvalue weighted by molar-refractivity contribution is 5.30. The largest absolute Gasteiger partial charge is 0.466 e. The molecule has 0 saturated carbocycles. The van der Waals surface area contributed by atoms with Gasteiger partial charge in [-0.15, -0.1) is 0 Å². The lowest BCUT2D eigenvalue weighted by molar-refractivity contribution is 0.0502. The van der Waals surface area contributed by atoms with Crippen molar-refractivity contribution in [1.29, 1.82) is 0 Å². The summed E-state index contributed by atoms with van der Waals surface area (Å²) < 4.78 is 10.0. The minimum atomic E-state index is 0.249. The first-order valence-corrected chi connectivity index (χ1v) is 3.72. The van der Waals surface area contributed by atoms with Crippen LogP contribution in [0.3, 0.4) is 0 Å². The van der Waals surface area contributed by atoms with Crippen LogP contribution in [-0.4, -0.2) is 18.9 Å². The molecule has 12 heavy (non-hydrogen) atoms. The van der Waals surface area contributed by atoms with Gasteiger partial charge in [-0.05, 0) is 25.0 Å². The maximum atomic E-state index is 5.25. The second-order valence-electron chi connectivity index (χ2n) is 2.28. The van der Waals surface area contributed by atoms with Crippen molar-refractivity contribution < 1.29 is 9.47 Å². The van der Waals surface area contributed by atoms with Crippen LogP contribution in [0.1, 0.15) is 5.56 Å². The molecule has 0 atom stereocenters. The number of pyridine rings is 1. The van der Waals surface area contributed by atoms with Gasteiger partial charge in [0.15, 0.2) is 6.79 Å². The van der Waals surface area contributed by atoms with E-state index in [9.17, 15) is 0 Å². The number of hydrogen-bond donors (Lipinski definition) is 0. The molecule has 0 bridgehead atoms. The topological polar surface area (TPSA) is 31.4 Å². The quantitative estimate of drug-likeness (QED) is 0.634. The van der Waals surface area contributed by atoms with E-state index in [0.29, 0.717) is 6.42 Å². The first-order valence-electron chi connectivity index (χ1n) is 3.72. The molecule has 0 saturated heterocycles. The van der Waals surface area contributed by atoms with E-state index in [4.69, 9.17) is 9.47 Å². The predicted octanol–water partition coefficient (Wildman–Crippen LogP) is 1.44. The minimum absolute atomic E-state index is 0.249. The van der Waals surface area contributed by atoms with Crippen LogP contribution >= 0.6 is 0 Å². The smallest absolute Gasteiger partial charge is 0.188 e. The van der Waals surface area contributed by atoms with E-state index in [1.54, 1.807) is 19.5 Å². The Kier molecular flexibility index (Phi) is 3.54. The Morgan fingerprint density at radius 3 is 3.08 bits per heavy atom. The minimum Gasteiger partial charge on any atom is -0.466 e. The second kappa shape index (κ2) is 4.72. The van der Waals surface area contributed by atoms with Crippen molar-refractivity contribution in [1.82, 2.24) is 4.98 Å². The standard InChI is InChI=1S/C9H12NO2/c1-3-8-4-5-10-6-9(8)12-7-11-2/h4-6H,1,3,7H2,2H3. The monoisotopic (exact) mass is 166 g/mol. The van der Waals surface area contributed by atoms with Crippen LogP contribution in [0.15, 0.2) is 18.5 Å². The van der Waals surface area contributed by atoms with Gasteiger partial charge in [-0.3, -0.25) is 4.98 Å². The fraction of sp³-hybridized carbons (Fsp3) is 0.333. The molecule has 0 spiro atoms. The summed E-state index contributed by atoms with van der Waals surface area (Å²) in [5, 5.41) is 0. The summed E-state index contributed by atoms with van der Waals surface area (Å²) in [7, 11) is 1.58. The maximum absolute atomic E-state index is 5.25. The van der Waals surface area contributed by atoms with Gasteiger partial charge in [0.1, 0.15) is 5.75 Å². The third kappa shape index (κ3) is 2.20. The van der Waals surface area contributed by atoms with Gasteiger partial charge in [-0.1, -0.05) is 0 Å². The highest BCUT2D eigenvalue weighted by atomic mass is 16.7. The molecular weight excluding hydrogens is 154 g/mol. The molecule has 1 heterocycles. The van der Waals surface area contributed by atoms with Gasteiger partial charge < -0.3 is 9.47 Å². The zero-order valence-electron chi connectivity index (χ0n) is 7.12. The molecule has 0 fully saturated rings. The Morgan fingerprint density at radius 1 is 1.58 bits per heavy atom. The molecule has 3 heteroatoms. The zero-order valence-corrected chi connectivity index (χ0v) is 7.12. The van der Waals surface area contributed by atoms with Crippen molar-refractivity contribution >= 4 is 0 Å². The van der Waals surface area contributed by atoms with Crippen molar-refractivity contribution in [2.24, 2.45) is 0 Å². The number of rotatable bonds is 4. The maximum Gasteiger partial charge on any atom is 0.188 e. The first kappa shape index (κ1) is 9.00. The molecular formula is C9H12NO2. The molecule has 0 N–H and O–H groups in total. The normalized spacial score (nSPS) is 9.83. The van der Waals surface area contributed by atoms with E-state index in [2.05, 4.69) is 11.9 Å². The van der Waals surface area contributed by atoms with Gasteiger partial charge in [-0.2, -0.15) is 0 Å². The van der Waals surface area contributed by atoms with Crippen LogP contribution in [-0.2, 0) is 11.2 Å². The molecule has 1 aromatic rings. The zero-order chi connectivity index (χ0) is 8.81. The molecule has 0 aliphatic heterocycles. The van der Waals surface area contributed by atoms with E-state index < -0.39 is 0 Å². The fourth-order valence-corrected chi connectivity index (χ4v) is 0.868. The molecule has 65 valence electrons. The summed E-state index contributed by atoms with van der Waals surface area (Å²) in [6.07, 6.45) is 4.08. The van der Waals surface area contributed by atoms with E-state index >= 15 is 0 Å². The van der Waals surface area contributed by atoms with Gasteiger partial charge in [0.25, 0.3) is 0 Å². The second-order valence-corrected chi connectivity index (χ2v) is 2.28. The summed E-state index contributed by atoms with van der Waals surface area (Å²) in [5.41, 5.74) is 1.04. The summed E-state index contributed by atoms with van der Waals surface area (Å²) in [5.74, 6) is 0.745. The van der Waals surface area contributed by atoms with Crippen LogP contribution in [0.25, 0.3) is 0 Å². The Morgan fingerprint density at radius 2 is 2.42 bits per heavy atom. The van der Waals surface area contributed by atoms with Crippen molar-refractivity contribution in [3.63, 3.8) is 0 Å². The Bertz CT molecular complexity index is 238. The summed E-state index contributed by atoms with van der Waals surface area (Å²) in [6, 6.07) is 1.89. The number of hydrogen-bond acceptors (Lipinski definition) is 3. The van der Waals surface area contributed by atoms with Crippen LogP contribution in [0, 0.1) is 6.92 Å². The van der Waals surface area contributed by atoms with Crippen LogP contribution in [0.2, 0.25) is 0 Å². The average molecular weight is 166 g/mol. The lowest BCUT2D eigenvalue weighted by atomic mass is 10.2. The van der Waals surface area contributed by atoms with E-state index in [-0.39, 0.29) is 6.79 Å². The van der Waals surface area contributed by atoms with Crippen molar-refractivity contribution in [2.75, 3.05) is 13.9 Å². The van der Waals surface area contributed by atoms with Gasteiger partial charge in [0.2, 0.25) is 0 Å². The van der Waals surface area contributed by atoms with Crippen molar-refractivity contribution in [3.8, 4) is 5.75 Å². The van der Waals surface area contributed by atoms with Gasteiger partial charge in [-0.25, -0.2) is 0 Å². The lowest BCUT2D eigenvalue weighted by Crippen LogP contribution is -2.01. The highest BCUT2D eigenvalue weighted by Gasteiger charge is 1.99. The molecule has 1 radical (unpaired) electrons. The number of nitrogens with zero attached hydrogens (tertiary/aromatic N) is 1. The summed E-state index contributed by atoms with van der Waals surface area (Å²) >= 11 is 0. The number of ether oxygens (including phenoxy) is 2. The van der Waals surface area contributed by atoms with Gasteiger partial charge >= 0.3 is 0 Å². The lowest BCUT2D eigenvalue weighted by Gasteiger charge is -2.07. The molecule has 0 unspecified atom stereocenters. The van der Waals surface area contributed by atoms with Crippen LogP contribution in [0.5, 0.6) is 5.75 Å². The van der Waals surface area contributed by atoms with Crippen LogP contribution < -0.4 is 4.74 Å². The van der Waals surface area contributed by atoms with E-state index in [1.807, 2.05) is 6.07 Å². The van der Waals surface area contributed by atoms with Crippen LogP contribution in [0.4, 0.5) is 0 Å². The van der Waals surface area contributed by atoms with E-state index in [1.165, 1.54) is 0 Å². The molecule has 3 nitrogen and oxygen atoms in total. The number of aromatic nitrogens is 1. The first-order chi connectivity index (χ1) is 5.88.